The van der Waals surface area contributed by atoms with Crippen LogP contribution in [0.5, 0.6) is 0 Å². The zero-order valence-electron chi connectivity index (χ0n) is 7.85. The highest BCUT2D eigenvalue weighted by molar-refractivity contribution is 7.13. The Hall–Kier alpha value is -1.89. The minimum absolute atomic E-state index is 0.0526. The van der Waals surface area contributed by atoms with E-state index in [0.717, 1.165) is 0 Å². The number of nitrogens with two attached hydrogens (primary N) is 2. The van der Waals surface area contributed by atoms with E-state index < -0.39 is 5.91 Å². The van der Waals surface area contributed by atoms with Gasteiger partial charge >= 0.3 is 0 Å². The van der Waals surface area contributed by atoms with Gasteiger partial charge in [-0.15, -0.1) is 0 Å². The molecule has 0 saturated heterocycles. The summed E-state index contributed by atoms with van der Waals surface area (Å²) in [6.07, 6.45) is 0. The lowest BCUT2D eigenvalue weighted by Gasteiger charge is -1.98. The topological polar surface area (TPSA) is 104 Å². The lowest BCUT2D eigenvalue weighted by atomic mass is 10.2. The van der Waals surface area contributed by atoms with Crippen molar-refractivity contribution < 1.29 is 4.79 Å². The van der Waals surface area contributed by atoms with Crippen molar-refractivity contribution in [3.05, 3.63) is 22.0 Å². The van der Waals surface area contributed by atoms with Crippen LogP contribution in [0.4, 0.5) is 5.82 Å². The second-order valence-electron chi connectivity index (χ2n) is 3.03. The van der Waals surface area contributed by atoms with Gasteiger partial charge in [-0.2, -0.15) is 0 Å². The zero-order chi connectivity index (χ0) is 11.2. The summed E-state index contributed by atoms with van der Waals surface area (Å²) in [5.41, 5.74) is 10.5. The van der Waals surface area contributed by atoms with Crippen LogP contribution in [0.15, 0.2) is 10.9 Å². The number of fused-ring (bicyclic) bond motifs is 1. The maximum atomic E-state index is 11.6. The van der Waals surface area contributed by atoms with Crippen LogP contribution in [0.25, 0.3) is 10.2 Å². The van der Waals surface area contributed by atoms with Gasteiger partial charge in [0.05, 0.1) is 10.9 Å². The summed E-state index contributed by atoms with van der Waals surface area (Å²) in [7, 11) is 1.62. The molecule has 0 saturated carbocycles. The summed E-state index contributed by atoms with van der Waals surface area (Å²) >= 11 is 1.17. The third-order valence-electron chi connectivity index (χ3n) is 2.02. The third-order valence-corrected chi connectivity index (χ3v) is 2.95. The molecule has 78 valence electrons. The fourth-order valence-electron chi connectivity index (χ4n) is 1.27. The van der Waals surface area contributed by atoms with Crippen molar-refractivity contribution in [2.75, 3.05) is 5.73 Å². The van der Waals surface area contributed by atoms with Crippen LogP contribution in [0.3, 0.4) is 0 Å². The molecule has 0 aliphatic carbocycles. The van der Waals surface area contributed by atoms with E-state index in [1.165, 1.54) is 21.6 Å². The molecule has 0 radical (unpaired) electrons. The fourth-order valence-corrected chi connectivity index (χ4v) is 2.10. The molecule has 0 aromatic carbocycles. The zero-order valence-corrected chi connectivity index (χ0v) is 8.67. The van der Waals surface area contributed by atoms with E-state index in [1.54, 1.807) is 7.05 Å². The van der Waals surface area contributed by atoms with E-state index in [2.05, 4.69) is 4.98 Å². The number of rotatable bonds is 1. The second kappa shape index (κ2) is 3.06. The number of anilines is 1. The standard InChI is InChI=1S/C8H8N4O2S/c1-12-8(14)4-2-3(6(10)13)5(9)11-7(4)15-12/h2H,1H3,(H2,9,11)(H2,10,13). The fraction of sp³-hybridized carbons (Fsp3) is 0.125. The first-order valence-electron chi connectivity index (χ1n) is 4.07. The minimum atomic E-state index is -0.685. The Balaban J connectivity index is 2.89. The van der Waals surface area contributed by atoms with E-state index >= 15 is 0 Å². The minimum Gasteiger partial charge on any atom is -0.383 e. The van der Waals surface area contributed by atoms with Crippen LogP contribution in [0.1, 0.15) is 10.4 Å². The molecule has 0 fully saturated rings. The number of pyridine rings is 1. The van der Waals surface area contributed by atoms with Gasteiger partial charge in [0.25, 0.3) is 11.5 Å². The summed E-state index contributed by atoms with van der Waals surface area (Å²) < 4.78 is 1.42. The lowest BCUT2D eigenvalue weighted by molar-refractivity contribution is 0.100. The number of amides is 1. The van der Waals surface area contributed by atoms with Crippen LogP contribution in [0, 0.1) is 0 Å². The summed E-state index contributed by atoms with van der Waals surface area (Å²) in [6.45, 7) is 0. The van der Waals surface area contributed by atoms with Gasteiger partial charge in [0, 0.05) is 7.05 Å². The van der Waals surface area contributed by atoms with Crippen molar-refractivity contribution in [2.24, 2.45) is 12.8 Å². The lowest BCUT2D eigenvalue weighted by Crippen LogP contribution is -2.15. The smallest absolute Gasteiger partial charge is 0.269 e. The van der Waals surface area contributed by atoms with Gasteiger partial charge in [-0.25, -0.2) is 4.98 Å². The number of aryl methyl sites for hydroxylation is 1. The van der Waals surface area contributed by atoms with Crippen molar-refractivity contribution in [3.8, 4) is 0 Å². The van der Waals surface area contributed by atoms with Gasteiger partial charge in [-0.05, 0) is 17.6 Å². The Morgan fingerprint density at radius 1 is 1.60 bits per heavy atom. The molecule has 6 nitrogen and oxygen atoms in total. The van der Waals surface area contributed by atoms with Gasteiger partial charge in [0.2, 0.25) is 0 Å². The molecule has 0 unspecified atom stereocenters. The molecule has 7 heteroatoms. The normalized spacial score (nSPS) is 10.7. The molecule has 0 atom stereocenters. The number of hydrogen-bond donors (Lipinski definition) is 2. The number of carbonyl (C=O) groups excluding carboxylic acids is 1. The Morgan fingerprint density at radius 2 is 2.27 bits per heavy atom. The molecule has 0 aliphatic heterocycles. The number of primary amides is 1. The number of nitrogens with zero attached hydrogens (tertiary/aromatic N) is 2. The highest BCUT2D eigenvalue weighted by Gasteiger charge is 2.13. The molecule has 2 rings (SSSR count). The van der Waals surface area contributed by atoms with Crippen LogP contribution in [-0.2, 0) is 7.05 Å². The van der Waals surface area contributed by atoms with Gasteiger partial charge in [-0.1, -0.05) is 0 Å². The largest absolute Gasteiger partial charge is 0.383 e. The van der Waals surface area contributed by atoms with Crippen LogP contribution >= 0.6 is 11.5 Å². The van der Waals surface area contributed by atoms with Crippen molar-refractivity contribution in [1.82, 2.24) is 8.94 Å². The van der Waals surface area contributed by atoms with Gasteiger partial charge in [-0.3, -0.25) is 13.5 Å². The molecular weight excluding hydrogens is 216 g/mol. The van der Waals surface area contributed by atoms with E-state index in [-0.39, 0.29) is 16.9 Å². The monoisotopic (exact) mass is 224 g/mol. The Labute approximate surface area is 88.3 Å². The first kappa shape index (κ1) is 9.66. The number of aromatic nitrogens is 2. The van der Waals surface area contributed by atoms with Crippen molar-refractivity contribution in [2.45, 2.75) is 0 Å². The van der Waals surface area contributed by atoms with E-state index in [1.807, 2.05) is 0 Å². The molecule has 15 heavy (non-hydrogen) atoms. The second-order valence-corrected chi connectivity index (χ2v) is 4.15. The Morgan fingerprint density at radius 3 is 2.87 bits per heavy atom. The summed E-state index contributed by atoms with van der Waals surface area (Å²) in [4.78, 5) is 27.0. The quantitative estimate of drug-likeness (QED) is 0.692. The SMILES string of the molecule is Cn1sc2nc(N)c(C(N)=O)cc2c1=O. The molecular formula is C8H8N4O2S. The molecule has 2 aromatic heterocycles. The van der Waals surface area contributed by atoms with E-state index in [4.69, 9.17) is 11.5 Å². The summed E-state index contributed by atoms with van der Waals surface area (Å²) in [6, 6.07) is 1.39. The molecule has 0 aliphatic rings. The molecule has 0 spiro atoms. The average molecular weight is 224 g/mol. The van der Waals surface area contributed by atoms with Crippen LogP contribution < -0.4 is 17.0 Å². The maximum Gasteiger partial charge on any atom is 0.269 e. The summed E-state index contributed by atoms with van der Waals surface area (Å²) in [5, 5.41) is 0.366. The average Bonchev–Trinajstić information content (AvgIpc) is 2.41. The predicted molar refractivity (Wildman–Crippen MR) is 57.8 cm³/mol. The third kappa shape index (κ3) is 1.37. The van der Waals surface area contributed by atoms with Gasteiger partial charge < -0.3 is 11.5 Å². The molecule has 1 amide bonds. The van der Waals surface area contributed by atoms with E-state index in [9.17, 15) is 9.59 Å². The number of nitrogen functional groups attached to an aromatic ring is 1. The van der Waals surface area contributed by atoms with Crippen molar-refractivity contribution in [3.63, 3.8) is 0 Å². The van der Waals surface area contributed by atoms with Crippen LogP contribution in [-0.4, -0.2) is 14.8 Å². The highest BCUT2D eigenvalue weighted by Crippen LogP contribution is 2.18. The summed E-state index contributed by atoms with van der Waals surface area (Å²) in [5.74, 6) is -0.632. The molecule has 4 N–H and O–H groups in total. The highest BCUT2D eigenvalue weighted by atomic mass is 32.1. The molecule has 2 heterocycles. The maximum absolute atomic E-state index is 11.6. The van der Waals surface area contributed by atoms with Crippen molar-refractivity contribution in [1.29, 1.82) is 0 Å². The van der Waals surface area contributed by atoms with E-state index in [0.29, 0.717) is 10.2 Å². The predicted octanol–water partition coefficient (Wildman–Crippen LogP) is -0.324. The van der Waals surface area contributed by atoms with Crippen molar-refractivity contribution >= 4 is 33.5 Å². The first-order valence-corrected chi connectivity index (χ1v) is 4.84. The Bertz CT molecular complexity index is 613. The molecule has 0 bridgehead atoms. The Kier molecular flexibility index (Phi) is 1.97. The first-order chi connectivity index (χ1) is 7.00. The molecule has 2 aromatic rings. The van der Waals surface area contributed by atoms with Gasteiger partial charge in [0.1, 0.15) is 10.6 Å². The van der Waals surface area contributed by atoms with Gasteiger partial charge in [0.15, 0.2) is 0 Å². The van der Waals surface area contributed by atoms with Crippen LogP contribution in [0.2, 0.25) is 0 Å². The number of carbonyl (C=O) groups is 1. The number of hydrogen-bond acceptors (Lipinski definition) is 5.